The van der Waals surface area contributed by atoms with E-state index in [1.807, 2.05) is 37.3 Å². The Morgan fingerprint density at radius 2 is 1.79 bits per heavy atom. The lowest BCUT2D eigenvalue weighted by Crippen LogP contribution is -2.31. The number of halogens is 2. The quantitative estimate of drug-likeness (QED) is 0.359. The fourth-order valence-electron chi connectivity index (χ4n) is 3.58. The molecule has 1 N–H and O–H groups in total. The van der Waals surface area contributed by atoms with E-state index in [4.69, 9.17) is 11.6 Å². The highest BCUT2D eigenvalue weighted by atomic mass is 35.5. The summed E-state index contributed by atoms with van der Waals surface area (Å²) in [6.07, 6.45) is 0.446. The number of carbonyl (C=O) groups excluding carboxylic acids is 2. The van der Waals surface area contributed by atoms with Gasteiger partial charge in [-0.05, 0) is 73.0 Å². The van der Waals surface area contributed by atoms with Crippen molar-refractivity contribution < 1.29 is 14.0 Å². The number of amides is 2. The minimum atomic E-state index is -0.681. The van der Waals surface area contributed by atoms with Crippen molar-refractivity contribution >= 4 is 46.6 Å². The normalized spacial score (nSPS) is 16.8. The number of rotatable bonds is 5. The predicted molar refractivity (Wildman–Crippen MR) is 133 cm³/mol. The summed E-state index contributed by atoms with van der Waals surface area (Å²) in [4.78, 5) is 27.9. The second kappa shape index (κ2) is 10.1. The van der Waals surface area contributed by atoms with Gasteiger partial charge in [-0.25, -0.2) is 4.39 Å². The van der Waals surface area contributed by atoms with Crippen LogP contribution in [-0.2, 0) is 16.0 Å². The Morgan fingerprint density at radius 1 is 1.12 bits per heavy atom. The highest BCUT2D eigenvalue weighted by Gasteiger charge is 2.41. The van der Waals surface area contributed by atoms with Crippen LogP contribution in [-0.4, -0.2) is 17.1 Å². The van der Waals surface area contributed by atoms with Gasteiger partial charge in [0.05, 0.1) is 5.25 Å². The Hall–Kier alpha value is -3.60. The van der Waals surface area contributed by atoms with E-state index in [1.165, 1.54) is 40.9 Å². The standard InChI is InChI=1S/C26H19ClFN3O2S/c1-16-4-2-3-5-17(16)14-23-25(33)31(21-12-6-18(27)7-13-21)26(34-23)22(15-29)24(32)30-20-10-8-19(28)9-11-20/h2-13,23H,14H2,1H3,(H,30,32)/b26-22+/t23-/m0/s1. The summed E-state index contributed by atoms with van der Waals surface area (Å²) < 4.78 is 13.2. The first-order valence-corrected chi connectivity index (χ1v) is 11.6. The fourth-order valence-corrected chi connectivity index (χ4v) is 5.00. The van der Waals surface area contributed by atoms with E-state index in [2.05, 4.69) is 5.32 Å². The van der Waals surface area contributed by atoms with Crippen LogP contribution in [0.3, 0.4) is 0 Å². The van der Waals surface area contributed by atoms with Crippen LogP contribution >= 0.6 is 23.4 Å². The van der Waals surface area contributed by atoms with Gasteiger partial charge in [-0.3, -0.25) is 14.5 Å². The third kappa shape index (κ3) is 4.98. The third-order valence-electron chi connectivity index (χ3n) is 5.36. The van der Waals surface area contributed by atoms with Gasteiger partial charge in [0.25, 0.3) is 5.91 Å². The number of thioether (sulfide) groups is 1. The molecule has 1 aliphatic heterocycles. The minimum Gasteiger partial charge on any atom is -0.321 e. The molecule has 5 nitrogen and oxygen atoms in total. The number of hydrogen-bond acceptors (Lipinski definition) is 4. The average Bonchev–Trinajstić information content (AvgIpc) is 3.13. The summed E-state index contributed by atoms with van der Waals surface area (Å²) in [6.45, 7) is 1.98. The van der Waals surface area contributed by atoms with Crippen LogP contribution in [0.2, 0.25) is 5.02 Å². The maximum atomic E-state index is 13.5. The molecular formula is C26H19ClFN3O2S. The van der Waals surface area contributed by atoms with Gasteiger partial charge in [-0.1, -0.05) is 47.6 Å². The SMILES string of the molecule is Cc1ccccc1C[C@@H]1S/C(=C(\C#N)C(=O)Nc2ccc(F)cc2)N(c2ccc(Cl)cc2)C1=O. The topological polar surface area (TPSA) is 73.2 Å². The Labute approximate surface area is 205 Å². The van der Waals surface area contributed by atoms with Crippen molar-refractivity contribution in [2.45, 2.75) is 18.6 Å². The molecule has 1 atom stereocenters. The van der Waals surface area contributed by atoms with Gasteiger partial charge in [0.15, 0.2) is 0 Å². The zero-order chi connectivity index (χ0) is 24.2. The first-order chi connectivity index (χ1) is 16.4. The molecule has 1 saturated heterocycles. The molecule has 0 unspecified atom stereocenters. The second-order valence-electron chi connectivity index (χ2n) is 7.64. The van der Waals surface area contributed by atoms with Crippen molar-refractivity contribution in [2.24, 2.45) is 0 Å². The van der Waals surface area contributed by atoms with Crippen LogP contribution in [0.5, 0.6) is 0 Å². The highest BCUT2D eigenvalue weighted by molar-refractivity contribution is 8.05. The average molecular weight is 492 g/mol. The summed E-state index contributed by atoms with van der Waals surface area (Å²) in [5.41, 5.74) is 2.71. The Kier molecular flexibility index (Phi) is 7.01. The largest absolute Gasteiger partial charge is 0.321 e. The molecule has 1 aliphatic rings. The van der Waals surface area contributed by atoms with Crippen molar-refractivity contribution in [3.05, 3.63) is 105 Å². The second-order valence-corrected chi connectivity index (χ2v) is 9.27. The molecule has 1 fully saturated rings. The number of nitrogens with zero attached hydrogens (tertiary/aromatic N) is 2. The molecule has 4 rings (SSSR count). The van der Waals surface area contributed by atoms with Crippen LogP contribution in [0.25, 0.3) is 0 Å². The molecule has 170 valence electrons. The van der Waals surface area contributed by atoms with Crippen LogP contribution in [0.1, 0.15) is 11.1 Å². The highest BCUT2D eigenvalue weighted by Crippen LogP contribution is 2.42. The molecule has 0 bridgehead atoms. The Bertz CT molecular complexity index is 1320. The molecule has 0 aromatic heterocycles. The minimum absolute atomic E-state index is 0.204. The smallest absolute Gasteiger partial charge is 0.269 e. The molecule has 3 aromatic carbocycles. The number of benzene rings is 3. The molecule has 0 spiro atoms. The van der Waals surface area contributed by atoms with Gasteiger partial charge >= 0.3 is 0 Å². The Balaban J connectivity index is 1.73. The van der Waals surface area contributed by atoms with Gasteiger partial charge in [-0.15, -0.1) is 0 Å². The van der Waals surface area contributed by atoms with E-state index in [-0.39, 0.29) is 16.5 Å². The van der Waals surface area contributed by atoms with Crippen molar-refractivity contribution in [3.63, 3.8) is 0 Å². The van der Waals surface area contributed by atoms with Gasteiger partial charge < -0.3 is 5.32 Å². The van der Waals surface area contributed by atoms with Gasteiger partial charge in [-0.2, -0.15) is 5.26 Å². The van der Waals surface area contributed by atoms with Crippen LogP contribution in [0, 0.1) is 24.1 Å². The number of aryl methyl sites for hydroxylation is 1. The summed E-state index contributed by atoms with van der Waals surface area (Å²) in [5, 5.41) is 12.7. The predicted octanol–water partition coefficient (Wildman–Crippen LogP) is 5.85. The summed E-state index contributed by atoms with van der Waals surface area (Å²) in [5.74, 6) is -1.35. The maximum Gasteiger partial charge on any atom is 0.269 e. The number of anilines is 2. The van der Waals surface area contributed by atoms with Crippen molar-refractivity contribution in [3.8, 4) is 6.07 Å². The van der Waals surface area contributed by atoms with E-state index < -0.39 is 17.0 Å². The lowest BCUT2D eigenvalue weighted by molar-refractivity contribution is -0.117. The zero-order valence-corrected chi connectivity index (χ0v) is 19.7. The lowest BCUT2D eigenvalue weighted by atomic mass is 10.0. The van der Waals surface area contributed by atoms with Crippen molar-refractivity contribution in [1.82, 2.24) is 0 Å². The molecule has 0 saturated carbocycles. The van der Waals surface area contributed by atoms with E-state index in [0.29, 0.717) is 22.8 Å². The molecular weight excluding hydrogens is 473 g/mol. The third-order valence-corrected chi connectivity index (χ3v) is 6.87. The number of nitrogens with one attached hydrogen (secondary N) is 1. The molecule has 8 heteroatoms. The zero-order valence-electron chi connectivity index (χ0n) is 18.1. The number of carbonyl (C=O) groups is 2. The van der Waals surface area contributed by atoms with E-state index in [0.717, 1.165) is 11.1 Å². The molecule has 2 amide bonds. The van der Waals surface area contributed by atoms with Gasteiger partial charge in [0.2, 0.25) is 5.91 Å². The van der Waals surface area contributed by atoms with Crippen molar-refractivity contribution in [2.75, 3.05) is 10.2 Å². The monoisotopic (exact) mass is 491 g/mol. The van der Waals surface area contributed by atoms with Crippen LogP contribution < -0.4 is 10.2 Å². The fraction of sp³-hybridized carbons (Fsp3) is 0.115. The Morgan fingerprint density at radius 3 is 2.44 bits per heavy atom. The molecule has 0 aliphatic carbocycles. The van der Waals surface area contributed by atoms with Crippen LogP contribution in [0.4, 0.5) is 15.8 Å². The van der Waals surface area contributed by atoms with Crippen molar-refractivity contribution in [1.29, 1.82) is 5.26 Å². The number of hydrogen-bond donors (Lipinski definition) is 1. The van der Waals surface area contributed by atoms with Gasteiger partial charge in [0, 0.05) is 16.4 Å². The first-order valence-electron chi connectivity index (χ1n) is 10.4. The molecule has 0 radical (unpaired) electrons. The molecule has 1 heterocycles. The summed E-state index contributed by atoms with van der Waals surface area (Å²) >= 11 is 7.21. The summed E-state index contributed by atoms with van der Waals surface area (Å²) in [6, 6.07) is 21.6. The molecule has 34 heavy (non-hydrogen) atoms. The van der Waals surface area contributed by atoms with Gasteiger partial charge in [0.1, 0.15) is 22.5 Å². The molecule has 3 aromatic rings. The first kappa shape index (κ1) is 23.6. The number of nitriles is 1. The lowest BCUT2D eigenvalue weighted by Gasteiger charge is -2.19. The summed E-state index contributed by atoms with van der Waals surface area (Å²) in [7, 11) is 0. The van der Waals surface area contributed by atoms with E-state index >= 15 is 0 Å². The van der Waals surface area contributed by atoms with E-state index in [9.17, 15) is 19.2 Å². The van der Waals surface area contributed by atoms with E-state index in [1.54, 1.807) is 24.3 Å². The van der Waals surface area contributed by atoms with Crippen LogP contribution in [0.15, 0.2) is 83.4 Å². The maximum absolute atomic E-state index is 13.5.